The standard InChI is InChI=1S/C12H9Cl4N3/c1-2-9-17-10(7-3-5-8(13)6-4-7)19-11(18-9)12(14,15)16/h3-6H,2H2,1H3. The van der Waals surface area contributed by atoms with E-state index in [0.29, 0.717) is 23.1 Å². The van der Waals surface area contributed by atoms with Crippen molar-refractivity contribution in [2.75, 3.05) is 0 Å². The first-order valence-electron chi connectivity index (χ1n) is 5.48. The Bertz CT molecular complexity index is 579. The highest BCUT2D eigenvalue weighted by atomic mass is 35.6. The maximum atomic E-state index is 5.85. The van der Waals surface area contributed by atoms with Crippen molar-refractivity contribution in [1.29, 1.82) is 0 Å². The van der Waals surface area contributed by atoms with Gasteiger partial charge in [0.05, 0.1) is 0 Å². The Morgan fingerprint density at radius 3 is 2.16 bits per heavy atom. The van der Waals surface area contributed by atoms with Gasteiger partial charge in [0.15, 0.2) is 11.6 Å². The minimum atomic E-state index is -1.67. The molecule has 0 atom stereocenters. The number of aromatic nitrogens is 3. The van der Waals surface area contributed by atoms with E-state index in [0.717, 1.165) is 5.56 Å². The third-order valence-corrected chi connectivity index (χ3v) is 3.11. The predicted octanol–water partition coefficient (Wildman–Crippen LogP) is 4.58. The molecular formula is C12H9Cl4N3. The van der Waals surface area contributed by atoms with Gasteiger partial charge in [-0.15, -0.1) is 0 Å². The summed E-state index contributed by atoms with van der Waals surface area (Å²) >= 11 is 23.3. The number of benzene rings is 1. The van der Waals surface area contributed by atoms with Gasteiger partial charge in [0.25, 0.3) is 0 Å². The van der Waals surface area contributed by atoms with Crippen LogP contribution >= 0.6 is 46.4 Å². The Hall–Kier alpha value is -0.610. The Labute approximate surface area is 130 Å². The van der Waals surface area contributed by atoms with Crippen LogP contribution in [0.4, 0.5) is 0 Å². The summed E-state index contributed by atoms with van der Waals surface area (Å²) in [6, 6.07) is 7.11. The minimum Gasteiger partial charge on any atom is -0.213 e. The summed E-state index contributed by atoms with van der Waals surface area (Å²) in [5, 5.41) is 0.634. The highest BCUT2D eigenvalue weighted by Gasteiger charge is 2.28. The lowest BCUT2D eigenvalue weighted by molar-refractivity contribution is 0.840. The zero-order chi connectivity index (χ0) is 14.0. The minimum absolute atomic E-state index is 0.120. The van der Waals surface area contributed by atoms with Crippen LogP contribution in [-0.2, 0) is 10.2 Å². The molecule has 1 aromatic heterocycles. The molecular weight excluding hydrogens is 328 g/mol. The maximum absolute atomic E-state index is 5.85. The first-order chi connectivity index (χ1) is 8.90. The lowest BCUT2D eigenvalue weighted by atomic mass is 10.2. The Balaban J connectivity index is 2.54. The molecule has 0 saturated heterocycles. The second-order valence-corrected chi connectivity index (χ2v) is 6.47. The number of halogens is 4. The van der Waals surface area contributed by atoms with Crippen LogP contribution in [0.25, 0.3) is 11.4 Å². The summed E-state index contributed by atoms with van der Waals surface area (Å²) in [6.45, 7) is 1.92. The highest BCUT2D eigenvalue weighted by molar-refractivity contribution is 6.66. The monoisotopic (exact) mass is 335 g/mol. The molecule has 1 heterocycles. The molecule has 2 rings (SSSR count). The molecule has 7 heteroatoms. The van der Waals surface area contributed by atoms with Crippen molar-refractivity contribution in [3.8, 4) is 11.4 Å². The average molecular weight is 337 g/mol. The zero-order valence-corrected chi connectivity index (χ0v) is 12.9. The molecule has 0 spiro atoms. The van der Waals surface area contributed by atoms with Crippen LogP contribution in [0.1, 0.15) is 18.6 Å². The fraction of sp³-hybridized carbons (Fsp3) is 0.250. The summed E-state index contributed by atoms with van der Waals surface area (Å²) in [7, 11) is 0. The number of alkyl halides is 3. The van der Waals surface area contributed by atoms with Crippen LogP contribution in [0.2, 0.25) is 5.02 Å². The lowest BCUT2D eigenvalue weighted by Crippen LogP contribution is -2.12. The molecule has 0 fully saturated rings. The number of nitrogens with zero attached hydrogens (tertiary/aromatic N) is 3. The van der Waals surface area contributed by atoms with Crippen molar-refractivity contribution >= 4 is 46.4 Å². The SMILES string of the molecule is CCc1nc(-c2ccc(Cl)cc2)nc(C(Cl)(Cl)Cl)n1. The molecule has 0 amide bonds. The quantitative estimate of drug-likeness (QED) is 0.753. The summed E-state index contributed by atoms with van der Waals surface area (Å²) in [5.74, 6) is 1.15. The maximum Gasteiger partial charge on any atom is 0.250 e. The number of hydrogen-bond acceptors (Lipinski definition) is 3. The molecule has 1 aromatic carbocycles. The normalized spacial score (nSPS) is 11.6. The van der Waals surface area contributed by atoms with E-state index in [9.17, 15) is 0 Å². The largest absolute Gasteiger partial charge is 0.250 e. The van der Waals surface area contributed by atoms with Gasteiger partial charge in [0.1, 0.15) is 5.82 Å². The van der Waals surface area contributed by atoms with Crippen LogP contribution in [0.5, 0.6) is 0 Å². The highest BCUT2D eigenvalue weighted by Crippen LogP contribution is 2.36. The number of aryl methyl sites for hydroxylation is 1. The van der Waals surface area contributed by atoms with Crippen LogP contribution < -0.4 is 0 Å². The van der Waals surface area contributed by atoms with Crippen molar-refractivity contribution in [3.05, 3.63) is 40.9 Å². The van der Waals surface area contributed by atoms with Crippen LogP contribution in [0.3, 0.4) is 0 Å². The van der Waals surface area contributed by atoms with E-state index in [1.54, 1.807) is 24.3 Å². The van der Waals surface area contributed by atoms with Crippen molar-refractivity contribution in [3.63, 3.8) is 0 Å². The van der Waals surface area contributed by atoms with E-state index in [-0.39, 0.29) is 5.82 Å². The van der Waals surface area contributed by atoms with Crippen LogP contribution in [-0.4, -0.2) is 15.0 Å². The van der Waals surface area contributed by atoms with Gasteiger partial charge in [-0.1, -0.05) is 53.3 Å². The van der Waals surface area contributed by atoms with Crippen molar-refractivity contribution in [2.45, 2.75) is 17.1 Å². The van der Waals surface area contributed by atoms with Crippen molar-refractivity contribution < 1.29 is 0 Å². The Morgan fingerprint density at radius 1 is 1.00 bits per heavy atom. The topological polar surface area (TPSA) is 38.7 Å². The molecule has 0 aliphatic rings. The molecule has 0 unspecified atom stereocenters. The lowest BCUT2D eigenvalue weighted by Gasteiger charge is -2.11. The van der Waals surface area contributed by atoms with Crippen LogP contribution in [0.15, 0.2) is 24.3 Å². The van der Waals surface area contributed by atoms with E-state index < -0.39 is 3.79 Å². The molecule has 0 bridgehead atoms. The molecule has 2 aromatic rings. The van der Waals surface area contributed by atoms with Crippen LogP contribution in [0, 0.1) is 0 Å². The van der Waals surface area contributed by atoms with E-state index in [4.69, 9.17) is 46.4 Å². The van der Waals surface area contributed by atoms with E-state index in [1.165, 1.54) is 0 Å². The zero-order valence-electron chi connectivity index (χ0n) is 9.87. The van der Waals surface area contributed by atoms with Crippen molar-refractivity contribution in [1.82, 2.24) is 15.0 Å². The predicted molar refractivity (Wildman–Crippen MR) is 78.9 cm³/mol. The number of hydrogen-bond donors (Lipinski definition) is 0. The summed E-state index contributed by atoms with van der Waals surface area (Å²) in [4.78, 5) is 12.6. The smallest absolute Gasteiger partial charge is 0.213 e. The Morgan fingerprint density at radius 2 is 1.63 bits per heavy atom. The third kappa shape index (κ3) is 3.69. The molecule has 0 aliphatic carbocycles. The molecule has 0 aliphatic heterocycles. The second kappa shape index (κ2) is 5.80. The number of rotatable bonds is 2. The first-order valence-corrected chi connectivity index (χ1v) is 6.99. The molecule has 100 valence electrons. The second-order valence-electron chi connectivity index (χ2n) is 3.76. The van der Waals surface area contributed by atoms with Gasteiger partial charge in [-0.25, -0.2) is 15.0 Å². The molecule has 0 N–H and O–H groups in total. The average Bonchev–Trinajstić information content (AvgIpc) is 2.38. The van der Waals surface area contributed by atoms with Crippen molar-refractivity contribution in [2.24, 2.45) is 0 Å². The summed E-state index contributed by atoms with van der Waals surface area (Å²) in [5.41, 5.74) is 0.789. The summed E-state index contributed by atoms with van der Waals surface area (Å²) < 4.78 is -1.67. The first kappa shape index (κ1) is 14.8. The molecule has 3 nitrogen and oxygen atoms in total. The van der Waals surface area contributed by atoms with E-state index >= 15 is 0 Å². The fourth-order valence-corrected chi connectivity index (χ4v) is 1.81. The fourth-order valence-electron chi connectivity index (χ4n) is 1.43. The van der Waals surface area contributed by atoms with Gasteiger partial charge in [0, 0.05) is 17.0 Å². The van der Waals surface area contributed by atoms with E-state index in [1.807, 2.05) is 6.92 Å². The van der Waals surface area contributed by atoms with Gasteiger partial charge in [-0.3, -0.25) is 0 Å². The van der Waals surface area contributed by atoms with E-state index in [2.05, 4.69) is 15.0 Å². The van der Waals surface area contributed by atoms with Gasteiger partial charge >= 0.3 is 0 Å². The van der Waals surface area contributed by atoms with Gasteiger partial charge < -0.3 is 0 Å². The third-order valence-electron chi connectivity index (χ3n) is 2.35. The summed E-state index contributed by atoms with van der Waals surface area (Å²) in [6.07, 6.45) is 0.622. The molecule has 0 saturated carbocycles. The van der Waals surface area contributed by atoms with Gasteiger partial charge in [-0.05, 0) is 24.3 Å². The molecule has 0 radical (unpaired) electrons. The molecule has 19 heavy (non-hydrogen) atoms. The van der Waals surface area contributed by atoms with Gasteiger partial charge in [0.2, 0.25) is 3.79 Å². The Kier molecular flexibility index (Phi) is 4.51. The van der Waals surface area contributed by atoms with Gasteiger partial charge in [-0.2, -0.15) is 0 Å².